The van der Waals surface area contributed by atoms with Crippen LogP contribution in [0.4, 0.5) is 0 Å². The lowest BCUT2D eigenvalue weighted by Gasteiger charge is -2.01. The Morgan fingerprint density at radius 3 is 2.62 bits per heavy atom. The number of pyridine rings is 1. The second-order valence-corrected chi connectivity index (χ2v) is 4.22. The first-order valence-corrected chi connectivity index (χ1v) is 5.52. The fourth-order valence-corrected chi connectivity index (χ4v) is 1.98. The summed E-state index contributed by atoms with van der Waals surface area (Å²) in [6.45, 7) is 0. The van der Waals surface area contributed by atoms with E-state index in [4.69, 9.17) is 0 Å². The summed E-state index contributed by atoms with van der Waals surface area (Å²) in [5.41, 5.74) is 3.07. The first kappa shape index (κ1) is 9.47. The number of halogens is 1. The Kier molecular flexibility index (Phi) is 2.18. The van der Waals surface area contributed by atoms with Crippen molar-refractivity contribution in [2.45, 2.75) is 0 Å². The molecule has 5 heteroatoms. The summed E-state index contributed by atoms with van der Waals surface area (Å²) in [5.74, 6) is 0. The summed E-state index contributed by atoms with van der Waals surface area (Å²) in [7, 11) is 0. The van der Waals surface area contributed by atoms with Crippen LogP contribution in [-0.2, 0) is 0 Å². The van der Waals surface area contributed by atoms with E-state index < -0.39 is 0 Å². The van der Waals surface area contributed by atoms with Gasteiger partial charge in [-0.2, -0.15) is 5.10 Å². The molecule has 0 saturated carbocycles. The first-order chi connectivity index (χ1) is 7.84. The molecule has 78 valence electrons. The number of nitrogens with zero attached hydrogens (tertiary/aromatic N) is 4. The van der Waals surface area contributed by atoms with Crippen LogP contribution in [0.2, 0.25) is 0 Å². The fourth-order valence-electron chi connectivity index (χ4n) is 1.57. The number of fused-ring (bicyclic) bond motifs is 1. The Hall–Kier alpha value is -1.75. The highest BCUT2D eigenvalue weighted by Gasteiger charge is 2.03. The lowest BCUT2D eigenvalue weighted by molar-refractivity contribution is 0.962. The van der Waals surface area contributed by atoms with Gasteiger partial charge in [-0.15, -0.1) is 0 Å². The highest BCUT2D eigenvalue weighted by molar-refractivity contribution is 9.10. The molecule has 3 aromatic rings. The van der Waals surface area contributed by atoms with E-state index in [-0.39, 0.29) is 0 Å². The molecule has 3 rings (SSSR count). The van der Waals surface area contributed by atoms with Gasteiger partial charge in [-0.05, 0) is 22.0 Å². The van der Waals surface area contributed by atoms with Crippen molar-refractivity contribution in [1.82, 2.24) is 19.6 Å². The minimum absolute atomic E-state index is 0.982. The number of hydrogen-bond donors (Lipinski definition) is 0. The molecule has 3 aromatic heterocycles. The molecule has 0 unspecified atom stereocenters. The molecule has 3 heterocycles. The third kappa shape index (κ3) is 1.49. The zero-order valence-corrected chi connectivity index (χ0v) is 9.79. The van der Waals surface area contributed by atoms with Crippen LogP contribution in [0.15, 0.2) is 47.7 Å². The highest BCUT2D eigenvalue weighted by atomic mass is 79.9. The molecule has 0 bridgehead atoms. The van der Waals surface area contributed by atoms with Gasteiger partial charge in [0.1, 0.15) is 6.33 Å². The Morgan fingerprint density at radius 2 is 1.81 bits per heavy atom. The van der Waals surface area contributed by atoms with Crippen molar-refractivity contribution in [3.05, 3.63) is 47.7 Å². The van der Waals surface area contributed by atoms with Crippen molar-refractivity contribution in [3.8, 4) is 11.1 Å². The lowest BCUT2D eigenvalue weighted by Crippen LogP contribution is -1.89. The average Bonchev–Trinajstić information content (AvgIpc) is 2.72. The maximum atomic E-state index is 4.23. The molecule has 0 saturated heterocycles. The van der Waals surface area contributed by atoms with Crippen molar-refractivity contribution in [2.24, 2.45) is 0 Å². The molecule has 0 aliphatic rings. The minimum Gasteiger partial charge on any atom is -0.244 e. The second kappa shape index (κ2) is 3.68. The molecule has 0 N–H and O–H groups in total. The van der Waals surface area contributed by atoms with E-state index in [2.05, 4.69) is 31.0 Å². The smallest absolute Gasteiger partial charge is 0.115 e. The van der Waals surface area contributed by atoms with E-state index in [1.54, 1.807) is 18.6 Å². The van der Waals surface area contributed by atoms with E-state index in [9.17, 15) is 0 Å². The van der Waals surface area contributed by atoms with Gasteiger partial charge < -0.3 is 0 Å². The van der Waals surface area contributed by atoms with Crippen LogP contribution < -0.4 is 0 Å². The quantitative estimate of drug-likeness (QED) is 0.685. The normalized spacial score (nSPS) is 10.8. The molecular formula is C11H7BrN4. The van der Waals surface area contributed by atoms with Gasteiger partial charge in [-0.25, -0.2) is 14.5 Å². The van der Waals surface area contributed by atoms with Crippen molar-refractivity contribution >= 4 is 21.4 Å². The van der Waals surface area contributed by atoms with Crippen LogP contribution in [0.25, 0.3) is 16.6 Å². The first-order valence-electron chi connectivity index (χ1n) is 4.73. The molecule has 0 atom stereocenters. The van der Waals surface area contributed by atoms with E-state index >= 15 is 0 Å². The van der Waals surface area contributed by atoms with Crippen LogP contribution in [-0.4, -0.2) is 19.6 Å². The number of hydrogen-bond acceptors (Lipinski definition) is 3. The largest absolute Gasteiger partial charge is 0.244 e. The number of rotatable bonds is 1. The second-order valence-electron chi connectivity index (χ2n) is 3.37. The SMILES string of the molecule is Brc1cnn2cc(-c3cncnc3)ccc12. The predicted octanol–water partition coefficient (Wildman–Crippen LogP) is 2.55. The summed E-state index contributed by atoms with van der Waals surface area (Å²) in [6.07, 6.45) is 8.82. The standard InChI is InChI=1S/C11H7BrN4/c12-10-5-15-16-6-8(1-2-11(10)16)9-3-13-7-14-4-9/h1-7H. The Balaban J connectivity index is 2.19. The van der Waals surface area contributed by atoms with E-state index in [0.29, 0.717) is 0 Å². The molecule has 0 fully saturated rings. The predicted molar refractivity (Wildman–Crippen MR) is 63.9 cm³/mol. The van der Waals surface area contributed by atoms with Crippen molar-refractivity contribution in [2.75, 3.05) is 0 Å². The van der Waals surface area contributed by atoms with Gasteiger partial charge >= 0.3 is 0 Å². The van der Waals surface area contributed by atoms with E-state index in [0.717, 1.165) is 21.1 Å². The van der Waals surface area contributed by atoms with Crippen LogP contribution in [0.3, 0.4) is 0 Å². The van der Waals surface area contributed by atoms with Crippen LogP contribution in [0.1, 0.15) is 0 Å². The van der Waals surface area contributed by atoms with Crippen molar-refractivity contribution < 1.29 is 0 Å². The third-order valence-electron chi connectivity index (χ3n) is 2.36. The van der Waals surface area contributed by atoms with Crippen molar-refractivity contribution in [3.63, 3.8) is 0 Å². The molecule has 4 nitrogen and oxygen atoms in total. The molecule has 0 spiro atoms. The molecule has 0 radical (unpaired) electrons. The van der Waals surface area contributed by atoms with Gasteiger partial charge in [0.05, 0.1) is 16.2 Å². The summed E-state index contributed by atoms with van der Waals surface area (Å²) < 4.78 is 2.82. The van der Waals surface area contributed by atoms with Gasteiger partial charge in [0.15, 0.2) is 0 Å². The maximum Gasteiger partial charge on any atom is 0.115 e. The molecular weight excluding hydrogens is 268 g/mol. The molecule has 16 heavy (non-hydrogen) atoms. The summed E-state index contributed by atoms with van der Waals surface area (Å²) in [5, 5.41) is 4.23. The minimum atomic E-state index is 0.982. The van der Waals surface area contributed by atoms with Crippen molar-refractivity contribution in [1.29, 1.82) is 0 Å². The van der Waals surface area contributed by atoms with Gasteiger partial charge in [-0.3, -0.25) is 0 Å². The Morgan fingerprint density at radius 1 is 1.00 bits per heavy atom. The van der Waals surface area contributed by atoms with Gasteiger partial charge in [0.25, 0.3) is 0 Å². The van der Waals surface area contributed by atoms with Crippen LogP contribution in [0.5, 0.6) is 0 Å². The zero-order chi connectivity index (χ0) is 11.0. The third-order valence-corrected chi connectivity index (χ3v) is 2.97. The van der Waals surface area contributed by atoms with Gasteiger partial charge in [0, 0.05) is 29.7 Å². The summed E-state index contributed by atoms with van der Waals surface area (Å²) >= 11 is 3.44. The topological polar surface area (TPSA) is 43.1 Å². The van der Waals surface area contributed by atoms with Gasteiger partial charge in [-0.1, -0.05) is 6.07 Å². The summed E-state index contributed by atoms with van der Waals surface area (Å²) in [6, 6.07) is 4.04. The molecule has 0 aromatic carbocycles. The van der Waals surface area contributed by atoms with E-state index in [1.807, 2.05) is 22.8 Å². The molecule has 0 amide bonds. The molecule has 0 aliphatic carbocycles. The van der Waals surface area contributed by atoms with Crippen LogP contribution >= 0.6 is 15.9 Å². The number of aromatic nitrogens is 4. The van der Waals surface area contributed by atoms with E-state index in [1.165, 1.54) is 6.33 Å². The van der Waals surface area contributed by atoms with Gasteiger partial charge in [0.2, 0.25) is 0 Å². The average molecular weight is 275 g/mol. The Bertz CT molecular complexity index is 633. The van der Waals surface area contributed by atoms with Crippen LogP contribution in [0, 0.1) is 0 Å². The molecule has 0 aliphatic heterocycles. The maximum absolute atomic E-state index is 4.23. The Labute approximate surface area is 100 Å². The monoisotopic (exact) mass is 274 g/mol. The zero-order valence-electron chi connectivity index (χ0n) is 8.21. The lowest BCUT2D eigenvalue weighted by atomic mass is 10.1. The highest BCUT2D eigenvalue weighted by Crippen LogP contribution is 2.22. The summed E-state index contributed by atoms with van der Waals surface area (Å²) in [4.78, 5) is 7.99. The fraction of sp³-hybridized carbons (Fsp3) is 0.